The van der Waals surface area contributed by atoms with Crippen LogP contribution in [0.2, 0.25) is 0 Å². The zero-order valence-electron chi connectivity index (χ0n) is 27.5. The highest BCUT2D eigenvalue weighted by Gasteiger charge is 2.44. The van der Waals surface area contributed by atoms with Gasteiger partial charge in [-0.2, -0.15) is 0 Å². The van der Waals surface area contributed by atoms with Crippen LogP contribution in [0.25, 0.3) is 39.5 Å². The standard InChI is InChI=1S/C37H35N7OS.C2H6/c1-23-33(45)32(34(23)46)43(26-13-14-26)28-17-20-42(21-18-28)22-24-9-11-27(12-10-24)44-36(29-8-5-19-39-35(29)38)41-31-16-15-30(40-37(31)44)25-6-3-2-4-7-25;1-2/h2-12,15-16,19,26,28,46H,1,13-14,17-18,20-22H2,(H2,38,39);1-2H3. The van der Waals surface area contributed by atoms with E-state index in [1.165, 1.54) is 5.56 Å². The number of nitrogen functional groups attached to an aromatic ring is 1. The summed E-state index contributed by atoms with van der Waals surface area (Å²) >= 11 is 4.59. The lowest BCUT2D eigenvalue weighted by atomic mass is 9.92. The number of fused-ring (bicyclic) bond motifs is 1. The molecule has 9 heteroatoms. The van der Waals surface area contributed by atoms with E-state index in [1.807, 2.05) is 56.3 Å². The number of pyridine rings is 2. The van der Waals surface area contributed by atoms with Gasteiger partial charge in [0.15, 0.2) is 11.5 Å². The predicted octanol–water partition coefficient (Wildman–Crippen LogP) is 7.47. The summed E-state index contributed by atoms with van der Waals surface area (Å²) in [5.74, 6) is 1.21. The van der Waals surface area contributed by atoms with Gasteiger partial charge in [-0.25, -0.2) is 15.0 Å². The number of thiol groups is 1. The number of allylic oxidation sites excluding steroid dienone is 2. The van der Waals surface area contributed by atoms with Crippen molar-refractivity contribution in [3.8, 4) is 28.3 Å². The average molecular weight is 656 g/mol. The number of Topliss-reactive ketones (excluding diaryl/α,β-unsaturated/α-hetero) is 1. The van der Waals surface area contributed by atoms with E-state index in [-0.39, 0.29) is 5.78 Å². The number of hydrogen-bond donors (Lipinski definition) is 2. The first-order valence-corrected chi connectivity index (χ1v) is 17.3. The number of aromatic nitrogens is 4. The molecule has 5 aromatic rings. The van der Waals surface area contributed by atoms with Gasteiger partial charge in [0, 0.05) is 59.6 Å². The lowest BCUT2D eigenvalue weighted by Gasteiger charge is -2.43. The first-order valence-electron chi connectivity index (χ1n) is 16.9. The second kappa shape index (κ2) is 13.4. The van der Waals surface area contributed by atoms with Crippen molar-refractivity contribution in [2.75, 3.05) is 18.8 Å². The van der Waals surface area contributed by atoms with Gasteiger partial charge in [0.1, 0.15) is 17.0 Å². The molecule has 0 atom stereocenters. The van der Waals surface area contributed by atoms with Crippen LogP contribution in [-0.2, 0) is 11.3 Å². The van der Waals surface area contributed by atoms with Gasteiger partial charge in [-0.05, 0) is 67.6 Å². The van der Waals surface area contributed by atoms with Gasteiger partial charge in [-0.15, -0.1) is 12.6 Å². The van der Waals surface area contributed by atoms with Crippen LogP contribution in [0.1, 0.15) is 45.1 Å². The molecule has 1 saturated carbocycles. The SMILES string of the molecule is C=C1C(=O)C(N(C2CC2)C2CCN(Cc3ccc(-n4c(-c5cccnc5N)nc5ccc(-c6ccccc6)nc54)cc3)CC2)=C1S.CC. The molecular formula is C39H41N7OS. The number of rotatable bonds is 8. The molecule has 0 amide bonds. The van der Waals surface area contributed by atoms with Gasteiger partial charge in [-0.3, -0.25) is 14.3 Å². The van der Waals surface area contributed by atoms with Crippen molar-refractivity contribution in [2.24, 2.45) is 0 Å². The van der Waals surface area contributed by atoms with Crippen LogP contribution >= 0.6 is 12.6 Å². The lowest BCUT2D eigenvalue weighted by molar-refractivity contribution is -0.115. The monoisotopic (exact) mass is 655 g/mol. The number of hydrogen-bond acceptors (Lipinski definition) is 8. The summed E-state index contributed by atoms with van der Waals surface area (Å²) < 4.78 is 2.08. The highest BCUT2D eigenvalue weighted by atomic mass is 32.1. The first-order chi connectivity index (χ1) is 23.5. The third-order valence-corrected chi connectivity index (χ3v) is 9.88. The molecule has 3 aromatic heterocycles. The zero-order chi connectivity index (χ0) is 33.4. The molecule has 0 spiro atoms. The molecule has 244 valence electrons. The summed E-state index contributed by atoms with van der Waals surface area (Å²) in [4.78, 5) is 32.7. The maximum Gasteiger partial charge on any atom is 0.210 e. The predicted molar refractivity (Wildman–Crippen MR) is 197 cm³/mol. The van der Waals surface area contributed by atoms with Crippen LogP contribution in [0.4, 0.5) is 5.82 Å². The lowest BCUT2D eigenvalue weighted by Crippen LogP contribution is -2.48. The molecule has 2 aliphatic carbocycles. The highest BCUT2D eigenvalue weighted by Crippen LogP contribution is 2.43. The van der Waals surface area contributed by atoms with Crippen LogP contribution in [0.3, 0.4) is 0 Å². The molecule has 8 rings (SSSR count). The summed E-state index contributed by atoms with van der Waals surface area (Å²) in [6.45, 7) is 10.7. The Bertz CT molecular complexity index is 2010. The van der Waals surface area contributed by atoms with E-state index < -0.39 is 0 Å². The molecule has 3 aliphatic rings. The van der Waals surface area contributed by atoms with E-state index in [0.29, 0.717) is 29.3 Å². The molecule has 1 aliphatic heterocycles. The third kappa shape index (κ3) is 5.93. The van der Waals surface area contributed by atoms with Crippen LogP contribution in [0, 0.1) is 0 Å². The van der Waals surface area contributed by atoms with Crippen molar-refractivity contribution in [3.05, 3.63) is 113 Å². The Morgan fingerprint density at radius 3 is 2.27 bits per heavy atom. The van der Waals surface area contributed by atoms with Crippen molar-refractivity contribution >= 4 is 35.4 Å². The van der Waals surface area contributed by atoms with E-state index in [1.54, 1.807) is 6.20 Å². The number of nitrogens with zero attached hydrogens (tertiary/aromatic N) is 6. The Morgan fingerprint density at radius 1 is 0.896 bits per heavy atom. The number of anilines is 1. The topological polar surface area (TPSA) is 93.2 Å². The van der Waals surface area contributed by atoms with Crippen molar-refractivity contribution in [3.63, 3.8) is 0 Å². The summed E-state index contributed by atoms with van der Waals surface area (Å²) in [6, 6.07) is 27.5. The fraction of sp³-hybridized carbons (Fsp3) is 0.282. The molecule has 2 aromatic carbocycles. The number of nitrogens with two attached hydrogens (primary N) is 1. The molecule has 0 unspecified atom stereocenters. The second-order valence-corrected chi connectivity index (χ2v) is 12.9. The number of likely N-dealkylation sites (tertiary alicyclic amines) is 1. The summed E-state index contributed by atoms with van der Waals surface area (Å²) in [5, 5.41) is 0. The fourth-order valence-corrected chi connectivity index (χ4v) is 7.14. The van der Waals surface area contributed by atoms with Crippen LogP contribution in [0.5, 0.6) is 0 Å². The molecule has 1 saturated heterocycles. The molecule has 2 fully saturated rings. The van der Waals surface area contributed by atoms with E-state index >= 15 is 0 Å². The van der Waals surface area contributed by atoms with Crippen LogP contribution in [0.15, 0.2) is 108 Å². The summed E-state index contributed by atoms with van der Waals surface area (Å²) in [5.41, 5.74) is 14.2. The molecule has 0 bridgehead atoms. The largest absolute Gasteiger partial charge is 0.383 e. The van der Waals surface area contributed by atoms with Crippen LogP contribution in [-0.4, -0.2) is 60.3 Å². The average Bonchev–Trinajstić information content (AvgIpc) is 3.91. The van der Waals surface area contributed by atoms with Gasteiger partial charge in [-0.1, -0.05) is 62.9 Å². The van der Waals surface area contributed by atoms with Crippen LogP contribution < -0.4 is 5.73 Å². The normalized spacial score (nSPS) is 16.9. The zero-order valence-corrected chi connectivity index (χ0v) is 28.4. The summed E-state index contributed by atoms with van der Waals surface area (Å²) in [6.07, 6.45) is 6.07. The Hall–Kier alpha value is -4.73. The minimum atomic E-state index is 0.0750. The van der Waals surface area contributed by atoms with Crippen molar-refractivity contribution in [1.29, 1.82) is 0 Å². The van der Waals surface area contributed by atoms with E-state index in [4.69, 9.17) is 15.7 Å². The smallest absolute Gasteiger partial charge is 0.210 e. The number of piperidine rings is 1. The number of benzene rings is 2. The van der Waals surface area contributed by atoms with Gasteiger partial charge < -0.3 is 10.6 Å². The Kier molecular flexibility index (Phi) is 8.90. The Labute approximate surface area is 287 Å². The first kappa shape index (κ1) is 31.8. The summed E-state index contributed by atoms with van der Waals surface area (Å²) in [7, 11) is 0. The molecular weight excluding hydrogens is 615 g/mol. The maximum absolute atomic E-state index is 12.6. The van der Waals surface area contributed by atoms with Crippen molar-refractivity contribution in [1.82, 2.24) is 29.3 Å². The van der Waals surface area contributed by atoms with E-state index in [2.05, 4.69) is 75.0 Å². The molecule has 2 N–H and O–H groups in total. The van der Waals surface area contributed by atoms with Crippen molar-refractivity contribution in [2.45, 2.75) is 58.2 Å². The fourth-order valence-electron chi connectivity index (χ4n) is 6.82. The van der Waals surface area contributed by atoms with Crippen molar-refractivity contribution < 1.29 is 4.79 Å². The Balaban J connectivity index is 0.00000179. The van der Waals surface area contributed by atoms with Gasteiger partial charge in [0.2, 0.25) is 5.78 Å². The molecule has 48 heavy (non-hydrogen) atoms. The van der Waals surface area contributed by atoms with E-state index in [9.17, 15) is 4.79 Å². The third-order valence-electron chi connectivity index (χ3n) is 9.40. The van der Waals surface area contributed by atoms with Gasteiger partial charge in [0.05, 0.1) is 11.3 Å². The maximum atomic E-state index is 12.6. The minimum Gasteiger partial charge on any atom is -0.383 e. The quantitative estimate of drug-likeness (QED) is 0.132. The molecule has 0 radical (unpaired) electrons. The number of ketones is 1. The number of carbonyl (C=O) groups is 1. The Morgan fingerprint density at radius 2 is 1.60 bits per heavy atom. The number of imidazole rings is 1. The van der Waals surface area contributed by atoms with Gasteiger partial charge >= 0.3 is 0 Å². The minimum absolute atomic E-state index is 0.0750. The second-order valence-electron chi connectivity index (χ2n) is 12.4. The number of carbonyl (C=O) groups excluding carboxylic acids is 1. The highest BCUT2D eigenvalue weighted by molar-refractivity contribution is 7.85. The van der Waals surface area contributed by atoms with E-state index in [0.717, 1.165) is 89.6 Å². The molecule has 8 nitrogen and oxygen atoms in total. The molecule has 4 heterocycles. The van der Waals surface area contributed by atoms with Gasteiger partial charge in [0.25, 0.3) is 0 Å².